The Labute approximate surface area is 175 Å². The number of pyridine rings is 1. The third-order valence-electron chi connectivity index (χ3n) is 5.26. The smallest absolute Gasteiger partial charge is 0.272 e. The van der Waals surface area contributed by atoms with Crippen molar-refractivity contribution in [2.24, 2.45) is 12.1 Å². The van der Waals surface area contributed by atoms with E-state index in [-0.39, 0.29) is 5.91 Å². The van der Waals surface area contributed by atoms with Crippen molar-refractivity contribution in [3.05, 3.63) is 82.7 Å². The molecule has 6 nitrogen and oxygen atoms in total. The van der Waals surface area contributed by atoms with Gasteiger partial charge in [0.1, 0.15) is 0 Å². The second-order valence-corrected chi connectivity index (χ2v) is 7.40. The fraction of sp³-hybridized carbons (Fsp3) is 0.167. The molecule has 1 amide bonds. The van der Waals surface area contributed by atoms with Gasteiger partial charge in [0.25, 0.3) is 5.91 Å². The minimum Gasteiger partial charge on any atom is -0.272 e. The molecule has 0 aliphatic heterocycles. The lowest BCUT2D eigenvalue weighted by molar-refractivity contribution is 0.0956. The van der Waals surface area contributed by atoms with Crippen molar-refractivity contribution < 1.29 is 4.79 Å². The Hall–Kier alpha value is -3.80. The van der Waals surface area contributed by atoms with Crippen molar-refractivity contribution >= 4 is 23.0 Å². The molecule has 30 heavy (non-hydrogen) atoms. The first-order valence-electron chi connectivity index (χ1n) is 9.73. The van der Waals surface area contributed by atoms with E-state index in [0.29, 0.717) is 5.56 Å². The number of aromatic nitrogens is 3. The number of para-hydroxylation sites is 1. The highest BCUT2D eigenvalue weighted by Crippen LogP contribution is 2.27. The number of fused-ring (bicyclic) bond motifs is 1. The summed E-state index contributed by atoms with van der Waals surface area (Å²) >= 11 is 0. The Morgan fingerprint density at radius 3 is 2.63 bits per heavy atom. The Morgan fingerprint density at radius 2 is 1.90 bits per heavy atom. The summed E-state index contributed by atoms with van der Waals surface area (Å²) in [4.78, 5) is 17.8. The summed E-state index contributed by atoms with van der Waals surface area (Å²) in [7, 11) is 1.86. The van der Waals surface area contributed by atoms with E-state index in [1.807, 2.05) is 50.4 Å². The Morgan fingerprint density at radius 1 is 1.10 bits per heavy atom. The molecule has 0 aliphatic carbocycles. The van der Waals surface area contributed by atoms with Crippen LogP contribution in [0.5, 0.6) is 0 Å². The van der Waals surface area contributed by atoms with Crippen LogP contribution in [0.15, 0.2) is 59.8 Å². The van der Waals surface area contributed by atoms with E-state index >= 15 is 0 Å². The first-order valence-corrected chi connectivity index (χ1v) is 9.73. The summed E-state index contributed by atoms with van der Waals surface area (Å²) in [6.45, 7) is 6.06. The van der Waals surface area contributed by atoms with E-state index in [1.54, 1.807) is 17.1 Å². The molecule has 0 bridgehead atoms. The summed E-state index contributed by atoms with van der Waals surface area (Å²) in [5, 5.41) is 9.10. The van der Waals surface area contributed by atoms with Gasteiger partial charge < -0.3 is 0 Å². The van der Waals surface area contributed by atoms with Crippen LogP contribution >= 0.6 is 0 Å². The van der Waals surface area contributed by atoms with Gasteiger partial charge in [-0.3, -0.25) is 9.48 Å². The van der Waals surface area contributed by atoms with Gasteiger partial charge in [0.05, 0.1) is 29.2 Å². The van der Waals surface area contributed by atoms with E-state index in [2.05, 4.69) is 41.6 Å². The fourth-order valence-corrected chi connectivity index (χ4v) is 3.47. The van der Waals surface area contributed by atoms with Gasteiger partial charge in [0, 0.05) is 29.3 Å². The number of hydrazone groups is 1. The average Bonchev–Trinajstić information content (AvgIpc) is 3.05. The third kappa shape index (κ3) is 3.72. The van der Waals surface area contributed by atoms with Crippen LogP contribution in [0.2, 0.25) is 0 Å². The molecule has 4 rings (SSSR count). The topological polar surface area (TPSA) is 72.2 Å². The molecule has 0 fully saturated rings. The number of carbonyl (C=O) groups is 1. The zero-order valence-corrected chi connectivity index (χ0v) is 17.5. The third-order valence-corrected chi connectivity index (χ3v) is 5.26. The highest BCUT2D eigenvalue weighted by Gasteiger charge is 2.14. The summed E-state index contributed by atoms with van der Waals surface area (Å²) in [5.41, 5.74) is 9.86. The summed E-state index contributed by atoms with van der Waals surface area (Å²) in [5.74, 6) is -0.280. The van der Waals surface area contributed by atoms with Gasteiger partial charge in [-0.05, 0) is 38.5 Å². The van der Waals surface area contributed by atoms with Gasteiger partial charge in [-0.15, -0.1) is 0 Å². The average molecular weight is 397 g/mol. The van der Waals surface area contributed by atoms with Crippen molar-refractivity contribution in [3.8, 4) is 11.3 Å². The van der Waals surface area contributed by atoms with Crippen LogP contribution in [0, 0.1) is 20.8 Å². The Bertz CT molecular complexity index is 1290. The molecule has 0 radical (unpaired) electrons. The maximum absolute atomic E-state index is 13.0. The number of nitrogens with one attached hydrogen (secondary N) is 1. The molecule has 4 aromatic rings. The maximum atomic E-state index is 13.0. The highest BCUT2D eigenvalue weighted by atomic mass is 16.2. The largest absolute Gasteiger partial charge is 0.272 e. The van der Waals surface area contributed by atoms with Crippen molar-refractivity contribution in [1.29, 1.82) is 0 Å². The van der Waals surface area contributed by atoms with Crippen LogP contribution in [0.4, 0.5) is 0 Å². The summed E-state index contributed by atoms with van der Waals surface area (Å²) in [6.07, 6.45) is 3.32. The molecule has 0 saturated heterocycles. The number of hydrogen-bond acceptors (Lipinski definition) is 4. The van der Waals surface area contributed by atoms with Crippen molar-refractivity contribution in [1.82, 2.24) is 20.2 Å². The number of carbonyl (C=O) groups excluding carboxylic acids is 1. The number of rotatable bonds is 4. The van der Waals surface area contributed by atoms with Gasteiger partial charge in [-0.1, -0.05) is 42.0 Å². The lowest BCUT2D eigenvalue weighted by Gasteiger charge is -2.11. The van der Waals surface area contributed by atoms with Gasteiger partial charge in [-0.2, -0.15) is 10.2 Å². The zero-order chi connectivity index (χ0) is 21.3. The quantitative estimate of drug-likeness (QED) is 0.412. The van der Waals surface area contributed by atoms with Gasteiger partial charge in [0.2, 0.25) is 0 Å². The van der Waals surface area contributed by atoms with Crippen molar-refractivity contribution in [2.75, 3.05) is 0 Å². The molecule has 2 aromatic carbocycles. The van der Waals surface area contributed by atoms with E-state index in [0.717, 1.165) is 39.0 Å². The first kappa shape index (κ1) is 19.5. The minimum atomic E-state index is -0.280. The molecule has 0 spiro atoms. The second-order valence-electron chi connectivity index (χ2n) is 7.40. The van der Waals surface area contributed by atoms with Gasteiger partial charge in [0.15, 0.2) is 0 Å². The standard InChI is InChI=1S/C24H23N5O/c1-15-9-10-19(16(2)11-15)23-12-21(20-7-5-6-8-22(20)27-23)24(30)28-25-13-18-14-26-29(4)17(18)3/h5-14H,1-4H3,(H,28,30)/b25-13-. The number of amides is 1. The van der Waals surface area contributed by atoms with E-state index in [4.69, 9.17) is 4.98 Å². The Kier molecular flexibility index (Phi) is 5.14. The van der Waals surface area contributed by atoms with Crippen LogP contribution in [-0.4, -0.2) is 26.9 Å². The maximum Gasteiger partial charge on any atom is 0.272 e. The Balaban J connectivity index is 1.72. The van der Waals surface area contributed by atoms with E-state index in [9.17, 15) is 4.79 Å². The molecule has 0 atom stereocenters. The number of nitrogens with zero attached hydrogens (tertiary/aromatic N) is 4. The molecule has 2 heterocycles. The lowest BCUT2D eigenvalue weighted by atomic mass is 9.99. The molecule has 0 unspecified atom stereocenters. The van der Waals surface area contributed by atoms with Gasteiger partial charge in [-0.25, -0.2) is 10.4 Å². The van der Waals surface area contributed by atoms with Crippen molar-refractivity contribution in [2.45, 2.75) is 20.8 Å². The SMILES string of the molecule is Cc1ccc(-c2cc(C(=O)N/N=C\c3cnn(C)c3C)c3ccccc3n2)c(C)c1. The van der Waals surface area contributed by atoms with Crippen LogP contribution in [-0.2, 0) is 7.05 Å². The lowest BCUT2D eigenvalue weighted by Crippen LogP contribution is -2.18. The second kappa shape index (κ2) is 7.91. The minimum absolute atomic E-state index is 0.280. The van der Waals surface area contributed by atoms with E-state index < -0.39 is 0 Å². The molecule has 0 aliphatic rings. The predicted octanol–water partition coefficient (Wildman–Crippen LogP) is 4.32. The molecule has 2 aromatic heterocycles. The van der Waals surface area contributed by atoms with Crippen LogP contribution in [0.1, 0.15) is 32.7 Å². The zero-order valence-electron chi connectivity index (χ0n) is 17.5. The summed E-state index contributed by atoms with van der Waals surface area (Å²) in [6, 6.07) is 15.7. The molecular formula is C24H23N5O. The van der Waals surface area contributed by atoms with Gasteiger partial charge >= 0.3 is 0 Å². The molecular weight excluding hydrogens is 374 g/mol. The monoisotopic (exact) mass is 397 g/mol. The summed E-state index contributed by atoms with van der Waals surface area (Å²) < 4.78 is 1.76. The number of aryl methyl sites for hydroxylation is 3. The van der Waals surface area contributed by atoms with Crippen LogP contribution < -0.4 is 5.43 Å². The first-order chi connectivity index (χ1) is 14.4. The molecule has 0 saturated carbocycles. The molecule has 1 N–H and O–H groups in total. The molecule has 150 valence electrons. The fourth-order valence-electron chi connectivity index (χ4n) is 3.47. The van der Waals surface area contributed by atoms with E-state index in [1.165, 1.54) is 5.56 Å². The highest BCUT2D eigenvalue weighted by molar-refractivity contribution is 6.07. The number of benzene rings is 2. The normalized spacial score (nSPS) is 11.3. The predicted molar refractivity (Wildman–Crippen MR) is 120 cm³/mol. The van der Waals surface area contributed by atoms with Crippen LogP contribution in [0.25, 0.3) is 22.2 Å². The number of hydrogen-bond donors (Lipinski definition) is 1. The van der Waals surface area contributed by atoms with Crippen LogP contribution in [0.3, 0.4) is 0 Å². The molecule has 6 heteroatoms. The van der Waals surface area contributed by atoms with Crippen molar-refractivity contribution in [3.63, 3.8) is 0 Å².